The van der Waals surface area contributed by atoms with E-state index in [1.54, 1.807) is 6.26 Å². The number of aryl methyl sites for hydroxylation is 3. The van der Waals surface area contributed by atoms with Crippen molar-refractivity contribution in [3.05, 3.63) is 41.4 Å². The molecule has 4 heterocycles. The van der Waals surface area contributed by atoms with Crippen LogP contribution in [0.15, 0.2) is 23.1 Å². The fourth-order valence-electron chi connectivity index (χ4n) is 3.98. The van der Waals surface area contributed by atoms with Crippen LogP contribution in [-0.4, -0.2) is 55.1 Å². The number of nitrogens with zero attached hydrogens (tertiary/aromatic N) is 6. The van der Waals surface area contributed by atoms with Gasteiger partial charge in [-0.1, -0.05) is 0 Å². The minimum absolute atomic E-state index is 0.126. The Morgan fingerprint density at radius 1 is 1.23 bits per heavy atom. The zero-order valence-electron chi connectivity index (χ0n) is 17.8. The van der Waals surface area contributed by atoms with Crippen molar-refractivity contribution >= 4 is 5.91 Å². The van der Waals surface area contributed by atoms with Gasteiger partial charge in [-0.15, -0.1) is 0 Å². The summed E-state index contributed by atoms with van der Waals surface area (Å²) in [6.45, 7) is 9.72. The molecular weight excluding hydrogens is 384 g/mol. The summed E-state index contributed by atoms with van der Waals surface area (Å²) in [6.07, 6.45) is 4.19. The predicted molar refractivity (Wildman–Crippen MR) is 110 cm³/mol. The summed E-state index contributed by atoms with van der Waals surface area (Å²) >= 11 is 0. The van der Waals surface area contributed by atoms with Crippen molar-refractivity contribution in [1.82, 2.24) is 29.4 Å². The van der Waals surface area contributed by atoms with Crippen molar-refractivity contribution in [2.45, 2.75) is 53.2 Å². The van der Waals surface area contributed by atoms with Gasteiger partial charge in [0.25, 0.3) is 0 Å². The predicted octanol–water partition coefficient (Wildman–Crippen LogP) is 2.36. The van der Waals surface area contributed by atoms with Gasteiger partial charge in [-0.25, -0.2) is 4.98 Å². The lowest BCUT2D eigenvalue weighted by molar-refractivity contribution is -0.132. The Kier molecular flexibility index (Phi) is 5.98. The van der Waals surface area contributed by atoms with Crippen molar-refractivity contribution in [3.8, 4) is 11.4 Å². The number of carbonyl (C=O) groups excluding carboxylic acids is 1. The fourth-order valence-corrected chi connectivity index (χ4v) is 3.98. The van der Waals surface area contributed by atoms with Crippen LogP contribution in [0.25, 0.3) is 11.4 Å². The first-order chi connectivity index (χ1) is 14.6. The molecule has 3 aromatic rings. The molecule has 0 unspecified atom stereocenters. The van der Waals surface area contributed by atoms with E-state index in [0.29, 0.717) is 51.5 Å². The Labute approximate surface area is 175 Å². The highest BCUT2D eigenvalue weighted by Gasteiger charge is 2.28. The first-order valence-corrected chi connectivity index (χ1v) is 10.4. The third-order valence-corrected chi connectivity index (χ3v) is 5.45. The van der Waals surface area contributed by atoms with Crippen molar-refractivity contribution in [1.29, 1.82) is 0 Å². The molecule has 0 bridgehead atoms. The number of amides is 1. The molecule has 9 nitrogen and oxygen atoms in total. The van der Waals surface area contributed by atoms with E-state index >= 15 is 0 Å². The van der Waals surface area contributed by atoms with E-state index < -0.39 is 0 Å². The largest absolute Gasteiger partial charge is 0.451 e. The van der Waals surface area contributed by atoms with Gasteiger partial charge in [-0.2, -0.15) is 10.2 Å². The van der Waals surface area contributed by atoms with E-state index in [2.05, 4.69) is 10.1 Å². The van der Waals surface area contributed by atoms with Crippen LogP contribution < -0.4 is 0 Å². The molecule has 4 rings (SSSR count). The maximum atomic E-state index is 12.9. The summed E-state index contributed by atoms with van der Waals surface area (Å²) in [5, 5.41) is 9.22. The molecule has 1 amide bonds. The maximum Gasteiger partial charge on any atom is 0.224 e. The second-order valence-electron chi connectivity index (χ2n) is 7.53. The minimum atomic E-state index is 0.126. The maximum absolute atomic E-state index is 12.9. The Bertz CT molecular complexity index is 1000. The van der Waals surface area contributed by atoms with E-state index in [1.807, 2.05) is 41.1 Å². The third kappa shape index (κ3) is 4.16. The summed E-state index contributed by atoms with van der Waals surface area (Å²) in [4.78, 5) is 19.1. The Balaban J connectivity index is 1.50. The van der Waals surface area contributed by atoms with Crippen LogP contribution in [0, 0.1) is 13.8 Å². The number of ether oxygens (including phenoxy) is 1. The van der Waals surface area contributed by atoms with Crippen LogP contribution in [-0.2, 0) is 35.6 Å². The second kappa shape index (κ2) is 8.83. The van der Waals surface area contributed by atoms with Crippen LogP contribution >= 0.6 is 0 Å². The third-order valence-electron chi connectivity index (χ3n) is 5.45. The molecular formula is C21H28N6O3. The quantitative estimate of drug-likeness (QED) is 0.528. The molecule has 0 atom stereocenters. The van der Waals surface area contributed by atoms with Gasteiger partial charge in [0.05, 0.1) is 18.8 Å². The molecule has 0 saturated carbocycles. The molecule has 0 N–H and O–H groups in total. The van der Waals surface area contributed by atoms with Gasteiger partial charge in [0, 0.05) is 56.0 Å². The summed E-state index contributed by atoms with van der Waals surface area (Å²) in [5.74, 6) is 0.126. The smallest absolute Gasteiger partial charge is 0.224 e. The number of hydrogen-bond donors (Lipinski definition) is 0. The fraction of sp³-hybridized carbons (Fsp3) is 0.524. The van der Waals surface area contributed by atoms with Crippen LogP contribution in [0.3, 0.4) is 0 Å². The van der Waals surface area contributed by atoms with Crippen molar-refractivity contribution in [2.24, 2.45) is 0 Å². The summed E-state index contributed by atoms with van der Waals surface area (Å²) in [7, 11) is 0. The molecule has 0 aromatic carbocycles. The molecule has 1 aliphatic rings. The molecule has 0 radical (unpaired) electrons. The number of fused-ring (bicyclic) bond motifs is 1. The molecule has 0 aliphatic carbocycles. The molecule has 0 saturated heterocycles. The molecule has 0 spiro atoms. The minimum Gasteiger partial charge on any atom is -0.451 e. The van der Waals surface area contributed by atoms with Crippen molar-refractivity contribution in [3.63, 3.8) is 0 Å². The highest BCUT2D eigenvalue weighted by atomic mass is 16.5. The zero-order chi connectivity index (χ0) is 21.1. The molecule has 160 valence electrons. The van der Waals surface area contributed by atoms with E-state index in [0.717, 1.165) is 34.8 Å². The van der Waals surface area contributed by atoms with Gasteiger partial charge < -0.3 is 14.1 Å². The standard InChI is InChI=1S/C21H28N6O3/c1-4-29-10-9-27-19-5-7-25(12-17(19)21(24-27)18-13-30-14-22-18)20(28)6-8-26-16(3)11-15(2)23-26/h11,13-14H,4-10,12H2,1-3H3. The lowest BCUT2D eigenvalue weighted by atomic mass is 10.0. The van der Waals surface area contributed by atoms with Crippen molar-refractivity contribution in [2.75, 3.05) is 19.8 Å². The van der Waals surface area contributed by atoms with Crippen LogP contribution in [0.4, 0.5) is 0 Å². The normalized spacial score (nSPS) is 13.6. The molecule has 3 aromatic heterocycles. The average molecular weight is 412 g/mol. The number of aromatic nitrogens is 5. The topological polar surface area (TPSA) is 91.2 Å². The Morgan fingerprint density at radius 3 is 2.80 bits per heavy atom. The monoisotopic (exact) mass is 412 g/mol. The molecule has 1 aliphatic heterocycles. The highest BCUT2D eigenvalue weighted by molar-refractivity contribution is 5.77. The average Bonchev–Trinajstić information content (AvgIpc) is 3.45. The Morgan fingerprint density at radius 2 is 2.10 bits per heavy atom. The van der Waals surface area contributed by atoms with E-state index in [1.165, 1.54) is 6.39 Å². The SMILES string of the molecule is CCOCCn1nc(-c2cocn2)c2c1CCN(C(=O)CCn1nc(C)cc1C)C2. The van der Waals surface area contributed by atoms with Gasteiger partial charge in [0.1, 0.15) is 17.7 Å². The van der Waals surface area contributed by atoms with E-state index in [4.69, 9.17) is 14.3 Å². The van der Waals surface area contributed by atoms with Crippen LogP contribution in [0.1, 0.15) is 36.0 Å². The molecule has 0 fully saturated rings. The van der Waals surface area contributed by atoms with Gasteiger partial charge in [-0.3, -0.25) is 14.2 Å². The van der Waals surface area contributed by atoms with E-state index in [9.17, 15) is 4.79 Å². The van der Waals surface area contributed by atoms with Gasteiger partial charge >= 0.3 is 0 Å². The number of rotatable bonds is 8. The number of oxazole rings is 1. The van der Waals surface area contributed by atoms with Crippen LogP contribution in [0.2, 0.25) is 0 Å². The van der Waals surface area contributed by atoms with Crippen molar-refractivity contribution < 1.29 is 13.9 Å². The lowest BCUT2D eigenvalue weighted by Gasteiger charge is -2.28. The first-order valence-electron chi connectivity index (χ1n) is 10.4. The summed E-state index contributed by atoms with van der Waals surface area (Å²) in [6, 6.07) is 2.03. The van der Waals surface area contributed by atoms with E-state index in [-0.39, 0.29) is 5.91 Å². The lowest BCUT2D eigenvalue weighted by Crippen LogP contribution is -2.37. The van der Waals surface area contributed by atoms with Gasteiger partial charge in [0.2, 0.25) is 5.91 Å². The summed E-state index contributed by atoms with van der Waals surface area (Å²) < 4.78 is 14.6. The molecule has 9 heteroatoms. The second-order valence-corrected chi connectivity index (χ2v) is 7.53. The van der Waals surface area contributed by atoms with Gasteiger partial charge in [-0.05, 0) is 26.8 Å². The van der Waals surface area contributed by atoms with Crippen LogP contribution in [0.5, 0.6) is 0 Å². The zero-order valence-corrected chi connectivity index (χ0v) is 17.8. The number of carbonyl (C=O) groups is 1. The van der Waals surface area contributed by atoms with Gasteiger partial charge in [0.15, 0.2) is 6.39 Å². The first kappa shape index (κ1) is 20.3. The Hall–Kier alpha value is -2.94. The molecule has 30 heavy (non-hydrogen) atoms. The summed E-state index contributed by atoms with van der Waals surface area (Å²) in [5.41, 5.74) is 5.72. The highest BCUT2D eigenvalue weighted by Crippen LogP contribution is 2.29. The number of hydrogen-bond acceptors (Lipinski definition) is 6.